The lowest BCUT2D eigenvalue weighted by atomic mass is 10.2. The van der Waals surface area contributed by atoms with Crippen LogP contribution in [0.4, 0.5) is 5.13 Å². The molecule has 4 heteroatoms. The summed E-state index contributed by atoms with van der Waals surface area (Å²) in [6.07, 6.45) is 9.26. The molecule has 0 amide bonds. The average molecular weight is 293 g/mol. The van der Waals surface area contributed by atoms with Crippen LogP contribution in [-0.4, -0.2) is 23.6 Å². The molecule has 0 saturated heterocycles. The van der Waals surface area contributed by atoms with E-state index in [0.29, 0.717) is 0 Å². The molecule has 3 nitrogen and oxygen atoms in total. The third-order valence-corrected chi connectivity index (χ3v) is 5.72. The van der Waals surface area contributed by atoms with Crippen LogP contribution in [0.15, 0.2) is 0 Å². The summed E-state index contributed by atoms with van der Waals surface area (Å²) in [4.78, 5) is 8.96. The molecule has 1 N–H and O–H groups in total. The molecular formula is C16H27N3S. The molecule has 20 heavy (non-hydrogen) atoms. The number of nitrogens with zero attached hydrogens (tertiary/aromatic N) is 2. The fourth-order valence-electron chi connectivity index (χ4n) is 3.20. The number of anilines is 1. The molecule has 2 saturated carbocycles. The number of thiazole rings is 1. The van der Waals surface area contributed by atoms with Crippen LogP contribution in [0, 0.1) is 0 Å². The number of rotatable bonds is 7. The van der Waals surface area contributed by atoms with Gasteiger partial charge >= 0.3 is 0 Å². The molecule has 2 aliphatic carbocycles. The van der Waals surface area contributed by atoms with Crippen molar-refractivity contribution < 1.29 is 0 Å². The van der Waals surface area contributed by atoms with Gasteiger partial charge in [-0.25, -0.2) is 4.98 Å². The van der Waals surface area contributed by atoms with Gasteiger partial charge in [-0.05, 0) is 39.0 Å². The van der Waals surface area contributed by atoms with E-state index < -0.39 is 0 Å². The molecule has 1 aromatic rings. The van der Waals surface area contributed by atoms with Gasteiger partial charge in [0.25, 0.3) is 0 Å². The van der Waals surface area contributed by atoms with Gasteiger partial charge in [-0.3, -0.25) is 0 Å². The van der Waals surface area contributed by atoms with Gasteiger partial charge in [0.05, 0.1) is 5.69 Å². The van der Waals surface area contributed by atoms with Gasteiger partial charge in [0.1, 0.15) is 0 Å². The van der Waals surface area contributed by atoms with Crippen molar-refractivity contribution in [3.63, 3.8) is 0 Å². The van der Waals surface area contributed by atoms with Crippen molar-refractivity contribution in [1.82, 2.24) is 10.3 Å². The van der Waals surface area contributed by atoms with Crippen LogP contribution in [-0.2, 0) is 13.0 Å². The fourth-order valence-corrected chi connectivity index (χ4v) is 4.43. The second kappa shape index (κ2) is 6.44. The first-order valence-corrected chi connectivity index (χ1v) is 9.12. The van der Waals surface area contributed by atoms with E-state index in [1.165, 1.54) is 54.2 Å². The van der Waals surface area contributed by atoms with Crippen molar-refractivity contribution in [3.05, 3.63) is 10.6 Å². The molecule has 0 aliphatic heterocycles. The van der Waals surface area contributed by atoms with Crippen LogP contribution >= 0.6 is 11.3 Å². The second-order valence-electron chi connectivity index (χ2n) is 6.10. The standard InChI is InChI=1S/C16H27N3S/c1-3-14-15(11-17-12-9-10-12)20-16(18-14)19(4-2)13-7-5-6-8-13/h12-13,17H,3-11H2,1-2H3. The quantitative estimate of drug-likeness (QED) is 0.830. The van der Waals surface area contributed by atoms with Crippen molar-refractivity contribution >= 4 is 16.5 Å². The highest BCUT2D eigenvalue weighted by Gasteiger charge is 2.26. The predicted octanol–water partition coefficient (Wildman–Crippen LogP) is 3.73. The lowest BCUT2D eigenvalue weighted by Crippen LogP contribution is -2.32. The Morgan fingerprint density at radius 3 is 2.55 bits per heavy atom. The maximum Gasteiger partial charge on any atom is 0.186 e. The Labute approximate surface area is 126 Å². The normalized spacial score (nSPS) is 19.7. The van der Waals surface area contributed by atoms with E-state index >= 15 is 0 Å². The van der Waals surface area contributed by atoms with Crippen LogP contribution in [0.25, 0.3) is 0 Å². The summed E-state index contributed by atoms with van der Waals surface area (Å²) in [5.41, 5.74) is 1.31. The Bertz CT molecular complexity index is 433. The van der Waals surface area contributed by atoms with E-state index in [2.05, 4.69) is 24.1 Å². The fraction of sp³-hybridized carbons (Fsp3) is 0.812. The van der Waals surface area contributed by atoms with Crippen LogP contribution in [0.2, 0.25) is 0 Å². The summed E-state index contributed by atoms with van der Waals surface area (Å²) in [5.74, 6) is 0. The smallest absolute Gasteiger partial charge is 0.186 e. The SMILES string of the molecule is CCc1nc(N(CC)C2CCCC2)sc1CNC1CC1. The first-order chi connectivity index (χ1) is 9.81. The van der Waals surface area contributed by atoms with E-state index in [0.717, 1.165) is 31.6 Å². The number of hydrogen-bond acceptors (Lipinski definition) is 4. The molecule has 112 valence electrons. The molecule has 0 spiro atoms. The molecule has 0 radical (unpaired) electrons. The lowest BCUT2D eigenvalue weighted by molar-refractivity contribution is 0.617. The number of nitrogens with one attached hydrogen (secondary N) is 1. The summed E-state index contributed by atoms with van der Waals surface area (Å²) >= 11 is 1.93. The highest BCUT2D eigenvalue weighted by Crippen LogP contribution is 2.33. The number of aromatic nitrogens is 1. The van der Waals surface area contributed by atoms with Gasteiger partial charge < -0.3 is 10.2 Å². The molecule has 1 aromatic heterocycles. The third-order valence-electron chi connectivity index (χ3n) is 4.58. The summed E-state index contributed by atoms with van der Waals surface area (Å²) in [5, 5.41) is 4.91. The third kappa shape index (κ3) is 3.17. The maximum atomic E-state index is 4.95. The van der Waals surface area contributed by atoms with Gasteiger partial charge in [0, 0.05) is 30.1 Å². The van der Waals surface area contributed by atoms with Crippen LogP contribution < -0.4 is 10.2 Å². The maximum absolute atomic E-state index is 4.95. The van der Waals surface area contributed by atoms with E-state index in [9.17, 15) is 0 Å². The van der Waals surface area contributed by atoms with Gasteiger partial charge in [-0.15, -0.1) is 11.3 Å². The molecule has 2 aliphatic rings. The van der Waals surface area contributed by atoms with Crippen molar-refractivity contribution in [3.8, 4) is 0 Å². The van der Waals surface area contributed by atoms with Crippen molar-refractivity contribution in [2.75, 3.05) is 11.4 Å². The minimum absolute atomic E-state index is 0.736. The minimum atomic E-state index is 0.736. The predicted molar refractivity (Wildman–Crippen MR) is 86.6 cm³/mol. The average Bonchev–Trinajstić information content (AvgIpc) is 2.98. The Hall–Kier alpha value is -0.610. The molecule has 1 heterocycles. The minimum Gasteiger partial charge on any atom is -0.345 e. The van der Waals surface area contributed by atoms with E-state index in [1.807, 2.05) is 11.3 Å². The summed E-state index contributed by atoms with van der Waals surface area (Å²) in [6.45, 7) is 6.61. The second-order valence-corrected chi connectivity index (χ2v) is 7.16. The zero-order chi connectivity index (χ0) is 13.9. The molecule has 0 unspecified atom stereocenters. The van der Waals surface area contributed by atoms with E-state index in [1.54, 1.807) is 0 Å². The molecule has 2 fully saturated rings. The molecular weight excluding hydrogens is 266 g/mol. The molecule has 0 bridgehead atoms. The Kier molecular flexibility index (Phi) is 4.61. The highest BCUT2D eigenvalue weighted by molar-refractivity contribution is 7.15. The highest BCUT2D eigenvalue weighted by atomic mass is 32.1. The first kappa shape index (κ1) is 14.3. The Morgan fingerprint density at radius 2 is 1.95 bits per heavy atom. The van der Waals surface area contributed by atoms with Crippen LogP contribution in [0.5, 0.6) is 0 Å². The lowest BCUT2D eigenvalue weighted by Gasteiger charge is -2.26. The zero-order valence-corrected chi connectivity index (χ0v) is 13.6. The summed E-state index contributed by atoms with van der Waals surface area (Å²) in [6, 6.07) is 1.52. The van der Waals surface area contributed by atoms with Gasteiger partial charge in [0.15, 0.2) is 5.13 Å². The van der Waals surface area contributed by atoms with Crippen LogP contribution in [0.3, 0.4) is 0 Å². The van der Waals surface area contributed by atoms with Gasteiger partial charge in [-0.1, -0.05) is 19.8 Å². The topological polar surface area (TPSA) is 28.2 Å². The number of hydrogen-bond donors (Lipinski definition) is 1. The van der Waals surface area contributed by atoms with Crippen LogP contribution in [0.1, 0.15) is 62.9 Å². The Morgan fingerprint density at radius 1 is 1.20 bits per heavy atom. The first-order valence-electron chi connectivity index (χ1n) is 8.30. The molecule has 3 rings (SSSR count). The largest absolute Gasteiger partial charge is 0.345 e. The van der Waals surface area contributed by atoms with Crippen molar-refractivity contribution in [2.24, 2.45) is 0 Å². The van der Waals surface area contributed by atoms with Gasteiger partial charge in [0.2, 0.25) is 0 Å². The van der Waals surface area contributed by atoms with Crippen molar-refractivity contribution in [2.45, 2.75) is 77.4 Å². The van der Waals surface area contributed by atoms with E-state index in [-0.39, 0.29) is 0 Å². The van der Waals surface area contributed by atoms with E-state index in [4.69, 9.17) is 4.98 Å². The summed E-state index contributed by atoms with van der Waals surface area (Å²) < 4.78 is 0. The number of aryl methyl sites for hydroxylation is 1. The molecule has 0 atom stereocenters. The van der Waals surface area contributed by atoms with Gasteiger partial charge in [-0.2, -0.15) is 0 Å². The van der Waals surface area contributed by atoms with Crippen molar-refractivity contribution in [1.29, 1.82) is 0 Å². The summed E-state index contributed by atoms with van der Waals surface area (Å²) in [7, 11) is 0. The Balaban J connectivity index is 1.73. The molecule has 0 aromatic carbocycles. The monoisotopic (exact) mass is 293 g/mol. The zero-order valence-electron chi connectivity index (χ0n) is 12.8.